The van der Waals surface area contributed by atoms with Gasteiger partial charge in [0.05, 0.1) is 8.07 Å². The molecule has 14 atom stereocenters. The van der Waals surface area contributed by atoms with Crippen molar-refractivity contribution in [1.82, 2.24) is 0 Å². The highest BCUT2D eigenvalue weighted by molar-refractivity contribution is 8.00. The van der Waals surface area contributed by atoms with Crippen LogP contribution in [0, 0.1) is 65.1 Å². The largest absolute Gasteiger partial charge is 0.154 e. The third kappa shape index (κ3) is 3.78. The monoisotopic (exact) mass is 526 g/mol. The fourth-order valence-electron chi connectivity index (χ4n) is 13.8. The van der Waals surface area contributed by atoms with Gasteiger partial charge in [-0.05, 0) is 108 Å². The Kier molecular flexibility index (Phi) is 6.80. The summed E-state index contributed by atoms with van der Waals surface area (Å²) in [5.41, 5.74) is 2.24. The van der Waals surface area contributed by atoms with Crippen LogP contribution in [0.1, 0.15) is 111 Å². The highest BCUT2D eigenvalue weighted by atomic mass is 32.2. The third-order valence-electron chi connectivity index (χ3n) is 14.8. The van der Waals surface area contributed by atoms with Crippen LogP contribution in [0.25, 0.3) is 0 Å². The second-order valence-corrected chi connectivity index (χ2v) is 22.8. The summed E-state index contributed by atoms with van der Waals surface area (Å²) in [6.45, 7) is 14.2. The summed E-state index contributed by atoms with van der Waals surface area (Å²) in [6, 6.07) is 0. The van der Waals surface area contributed by atoms with Gasteiger partial charge in [-0.2, -0.15) is 11.8 Å². The van der Waals surface area contributed by atoms with E-state index in [1.807, 2.05) is 0 Å². The Labute approximate surface area is 229 Å². The van der Waals surface area contributed by atoms with Crippen molar-refractivity contribution in [3.05, 3.63) is 0 Å². The predicted molar refractivity (Wildman–Crippen MR) is 160 cm³/mol. The molecule has 0 spiro atoms. The van der Waals surface area contributed by atoms with E-state index in [0.29, 0.717) is 0 Å². The highest BCUT2D eigenvalue weighted by Crippen LogP contribution is 2.71. The molecule has 0 aromatic carbocycles. The minimum atomic E-state index is -1.41. The van der Waals surface area contributed by atoms with Crippen LogP contribution >= 0.6 is 11.8 Å². The Morgan fingerprint density at radius 2 is 1.25 bits per heavy atom. The number of thioether (sulfide) groups is 1. The van der Waals surface area contributed by atoms with E-state index in [2.05, 4.69) is 45.6 Å². The molecular formula is C34H58SSi. The van der Waals surface area contributed by atoms with Crippen molar-refractivity contribution in [1.29, 1.82) is 0 Å². The number of fused-ring (bicyclic) bond motifs is 5. The van der Waals surface area contributed by atoms with Crippen LogP contribution in [0.5, 0.6) is 0 Å². The van der Waals surface area contributed by atoms with E-state index in [4.69, 9.17) is 0 Å². The molecule has 1 heterocycles. The quantitative estimate of drug-likeness (QED) is 0.330. The Balaban J connectivity index is 1.21. The molecule has 7 aliphatic rings. The summed E-state index contributed by atoms with van der Waals surface area (Å²) in [4.78, 5) is 0. The predicted octanol–water partition coefficient (Wildman–Crippen LogP) is 10.3. The molecule has 2 heteroatoms. The molecule has 6 saturated carbocycles. The molecule has 36 heavy (non-hydrogen) atoms. The molecule has 0 nitrogen and oxygen atoms in total. The lowest BCUT2D eigenvalue weighted by molar-refractivity contribution is 0.0157. The number of hydrogen-bond acceptors (Lipinski definition) is 1. The van der Waals surface area contributed by atoms with Gasteiger partial charge in [0.1, 0.15) is 0 Å². The summed E-state index contributed by atoms with van der Waals surface area (Å²) in [6.07, 6.45) is 22.1. The van der Waals surface area contributed by atoms with Crippen molar-refractivity contribution < 1.29 is 0 Å². The van der Waals surface area contributed by atoms with Crippen LogP contribution in [-0.2, 0) is 0 Å². The average Bonchev–Trinajstić information content (AvgIpc) is 3.61. The first-order valence-corrected chi connectivity index (χ1v) is 21.1. The van der Waals surface area contributed by atoms with Crippen LogP contribution in [0.15, 0.2) is 0 Å². The SMILES string of the molecule is CC1CC2C(CC3CCCC3C2C2CCCCC2)C1[Si](C)(C)C1C(C)C(C)C2SC3CCCCC3C21. The van der Waals surface area contributed by atoms with E-state index in [0.717, 1.165) is 86.7 Å². The first kappa shape index (κ1) is 25.5. The summed E-state index contributed by atoms with van der Waals surface area (Å²) in [7, 11) is -1.41. The minimum absolute atomic E-state index is 0.968. The molecule has 0 aromatic heterocycles. The van der Waals surface area contributed by atoms with E-state index in [1.54, 1.807) is 77.0 Å². The van der Waals surface area contributed by atoms with Crippen LogP contribution in [0.4, 0.5) is 0 Å². The Bertz CT molecular complexity index is 799. The molecule has 0 amide bonds. The summed E-state index contributed by atoms with van der Waals surface area (Å²) in [5.74, 6) is 11.9. The van der Waals surface area contributed by atoms with Crippen molar-refractivity contribution in [2.45, 2.75) is 145 Å². The molecule has 0 radical (unpaired) electrons. The molecule has 7 rings (SSSR count). The van der Waals surface area contributed by atoms with Gasteiger partial charge in [-0.3, -0.25) is 0 Å². The first-order chi connectivity index (χ1) is 17.4. The molecule has 0 N–H and O–H groups in total. The molecule has 6 aliphatic carbocycles. The van der Waals surface area contributed by atoms with E-state index in [9.17, 15) is 0 Å². The van der Waals surface area contributed by atoms with Crippen molar-refractivity contribution in [2.24, 2.45) is 65.1 Å². The Hall–Kier alpha value is 0.567. The van der Waals surface area contributed by atoms with Crippen molar-refractivity contribution >= 4 is 19.8 Å². The number of rotatable bonds is 3. The summed E-state index contributed by atoms with van der Waals surface area (Å²) >= 11 is 2.52. The topological polar surface area (TPSA) is 0 Å². The smallest absolute Gasteiger partial charge is 0.0547 e. The zero-order valence-electron chi connectivity index (χ0n) is 24.5. The number of hydrogen-bond donors (Lipinski definition) is 0. The van der Waals surface area contributed by atoms with Crippen molar-refractivity contribution in [3.63, 3.8) is 0 Å². The molecule has 14 unspecified atom stereocenters. The standard InChI is InChI=1S/C34H58SSi/c1-20-18-27-28(19-24-14-11-16-25(24)30(27)23-12-7-6-8-13-23)33(20)36(4,5)34-22(3)21(2)32-31(34)26-15-9-10-17-29(26)35-32/h20-34H,6-19H2,1-5H3. The van der Waals surface area contributed by atoms with Gasteiger partial charge in [0, 0.05) is 10.5 Å². The van der Waals surface area contributed by atoms with Gasteiger partial charge in [-0.15, -0.1) is 0 Å². The van der Waals surface area contributed by atoms with Gasteiger partial charge < -0.3 is 0 Å². The Morgan fingerprint density at radius 3 is 2.06 bits per heavy atom. The minimum Gasteiger partial charge on any atom is -0.154 e. The normalized spacial score (nSPS) is 55.2. The van der Waals surface area contributed by atoms with E-state index in [1.165, 1.54) is 12.8 Å². The zero-order chi connectivity index (χ0) is 24.8. The van der Waals surface area contributed by atoms with Gasteiger partial charge >= 0.3 is 0 Å². The third-order valence-corrected chi connectivity index (χ3v) is 22.1. The molecule has 0 bridgehead atoms. The second-order valence-electron chi connectivity index (χ2n) is 16.4. The fourth-order valence-corrected chi connectivity index (χ4v) is 22.9. The summed E-state index contributed by atoms with van der Waals surface area (Å²) in [5, 5.41) is 2.05. The van der Waals surface area contributed by atoms with Gasteiger partial charge in [0.25, 0.3) is 0 Å². The molecule has 7 fully saturated rings. The molecule has 204 valence electrons. The van der Waals surface area contributed by atoms with Crippen LogP contribution in [-0.4, -0.2) is 18.6 Å². The molecular weight excluding hydrogens is 469 g/mol. The lowest BCUT2D eigenvalue weighted by Crippen LogP contribution is -2.49. The van der Waals surface area contributed by atoms with Crippen LogP contribution < -0.4 is 0 Å². The van der Waals surface area contributed by atoms with E-state index < -0.39 is 8.07 Å². The van der Waals surface area contributed by atoms with Crippen molar-refractivity contribution in [3.8, 4) is 0 Å². The maximum Gasteiger partial charge on any atom is 0.0547 e. The van der Waals surface area contributed by atoms with Gasteiger partial charge in [0.15, 0.2) is 0 Å². The molecule has 1 saturated heterocycles. The summed E-state index contributed by atoms with van der Waals surface area (Å²) < 4.78 is 0. The fraction of sp³-hybridized carbons (Fsp3) is 1.00. The van der Waals surface area contributed by atoms with Gasteiger partial charge in [0.2, 0.25) is 0 Å². The molecule has 0 aromatic rings. The highest BCUT2D eigenvalue weighted by Gasteiger charge is 2.65. The molecule has 1 aliphatic heterocycles. The van der Waals surface area contributed by atoms with Crippen LogP contribution in [0.2, 0.25) is 24.2 Å². The lowest BCUT2D eigenvalue weighted by atomic mass is 9.58. The second kappa shape index (κ2) is 9.59. The Morgan fingerprint density at radius 1 is 0.556 bits per heavy atom. The maximum absolute atomic E-state index is 2.98. The van der Waals surface area contributed by atoms with E-state index in [-0.39, 0.29) is 0 Å². The lowest BCUT2D eigenvalue weighted by Gasteiger charge is -2.52. The van der Waals surface area contributed by atoms with Gasteiger partial charge in [-0.1, -0.05) is 91.7 Å². The zero-order valence-corrected chi connectivity index (χ0v) is 26.3. The van der Waals surface area contributed by atoms with Crippen molar-refractivity contribution in [2.75, 3.05) is 0 Å². The van der Waals surface area contributed by atoms with Crippen LogP contribution in [0.3, 0.4) is 0 Å². The first-order valence-electron chi connectivity index (χ1n) is 17.0. The average molecular weight is 527 g/mol. The van der Waals surface area contributed by atoms with Gasteiger partial charge in [-0.25, -0.2) is 0 Å². The maximum atomic E-state index is 2.98. The van der Waals surface area contributed by atoms with E-state index >= 15 is 0 Å².